The van der Waals surface area contributed by atoms with Gasteiger partial charge in [-0.2, -0.15) is 0 Å². The molecule has 32 heavy (non-hydrogen) atoms. The first kappa shape index (κ1) is 21.1. The van der Waals surface area contributed by atoms with Crippen molar-refractivity contribution in [3.05, 3.63) is 73.6 Å². The molecule has 4 aromatic rings. The van der Waals surface area contributed by atoms with E-state index in [1.807, 2.05) is 30.3 Å². The van der Waals surface area contributed by atoms with Crippen LogP contribution in [0.2, 0.25) is 0 Å². The van der Waals surface area contributed by atoms with Gasteiger partial charge in [0.25, 0.3) is 0 Å². The zero-order chi connectivity index (χ0) is 22.3. The minimum Gasteiger partial charge on any atom is -0.491 e. The highest BCUT2D eigenvalue weighted by atomic mass is 16.5. The van der Waals surface area contributed by atoms with Crippen LogP contribution in [-0.4, -0.2) is 41.2 Å². The molecule has 0 atom stereocenters. The molecule has 8 nitrogen and oxygen atoms in total. The van der Waals surface area contributed by atoms with E-state index in [1.165, 1.54) is 12.4 Å². The number of benzene rings is 2. The number of amides is 1. The highest BCUT2D eigenvalue weighted by molar-refractivity contribution is 5.99. The number of fused-ring (bicyclic) bond motifs is 1. The number of hydrogen-bond donors (Lipinski definition) is 2. The van der Waals surface area contributed by atoms with Gasteiger partial charge in [0.15, 0.2) is 0 Å². The van der Waals surface area contributed by atoms with Gasteiger partial charge in [-0.15, -0.1) is 0 Å². The van der Waals surface area contributed by atoms with E-state index in [9.17, 15) is 4.79 Å². The van der Waals surface area contributed by atoms with Gasteiger partial charge in [0.05, 0.1) is 12.0 Å². The molecule has 0 bridgehead atoms. The molecule has 0 aliphatic rings. The number of carbonyl (C=O) groups excluding carboxylic acids is 1. The Bertz CT molecular complexity index is 1230. The fourth-order valence-electron chi connectivity index (χ4n) is 3.07. The number of nitrogens with one attached hydrogen (secondary N) is 2. The molecular weight excluding hydrogens is 408 g/mol. The molecule has 2 aromatic carbocycles. The van der Waals surface area contributed by atoms with E-state index in [0.29, 0.717) is 36.2 Å². The van der Waals surface area contributed by atoms with Gasteiger partial charge >= 0.3 is 0 Å². The number of methoxy groups -OCH3 is 1. The maximum Gasteiger partial charge on any atom is 0.247 e. The maximum atomic E-state index is 11.5. The summed E-state index contributed by atoms with van der Waals surface area (Å²) < 4.78 is 16.6. The Labute approximate surface area is 184 Å². The van der Waals surface area contributed by atoms with Crippen molar-refractivity contribution in [3.8, 4) is 28.6 Å². The number of ether oxygens (including phenoxy) is 3. The van der Waals surface area contributed by atoms with E-state index in [-0.39, 0.29) is 5.91 Å². The van der Waals surface area contributed by atoms with Crippen molar-refractivity contribution in [1.29, 1.82) is 0 Å². The Balaban J connectivity index is 1.56. The second kappa shape index (κ2) is 9.76. The van der Waals surface area contributed by atoms with Gasteiger partial charge in [0.2, 0.25) is 11.8 Å². The van der Waals surface area contributed by atoms with Crippen LogP contribution in [0.3, 0.4) is 0 Å². The van der Waals surface area contributed by atoms with Crippen molar-refractivity contribution >= 4 is 22.6 Å². The van der Waals surface area contributed by atoms with E-state index in [2.05, 4.69) is 26.8 Å². The van der Waals surface area contributed by atoms with Gasteiger partial charge in [-0.3, -0.25) is 4.79 Å². The van der Waals surface area contributed by atoms with E-state index >= 15 is 0 Å². The molecule has 0 aliphatic heterocycles. The van der Waals surface area contributed by atoms with Crippen LogP contribution in [0.25, 0.3) is 22.3 Å². The molecule has 0 unspecified atom stereocenters. The molecule has 2 N–H and O–H groups in total. The molecular formula is C24H22N4O4. The summed E-state index contributed by atoms with van der Waals surface area (Å²) in [6.07, 6.45) is 2.65. The minimum atomic E-state index is -0.294. The second-order valence-electron chi connectivity index (χ2n) is 6.81. The van der Waals surface area contributed by atoms with Gasteiger partial charge in [-0.05, 0) is 54.1 Å². The van der Waals surface area contributed by atoms with Crippen LogP contribution in [0, 0.1) is 0 Å². The lowest BCUT2D eigenvalue weighted by molar-refractivity contribution is -0.111. The Morgan fingerprint density at radius 3 is 2.72 bits per heavy atom. The number of rotatable bonds is 9. The SMILES string of the molecule is C=CC(=O)Nc1cccc(Oc2ncnc3[nH]c(-c4ccc(OCCOC)cc4)cc23)c1. The lowest BCUT2D eigenvalue weighted by atomic mass is 10.1. The molecule has 0 aliphatic carbocycles. The number of aromatic nitrogens is 3. The molecule has 2 heterocycles. The highest BCUT2D eigenvalue weighted by Crippen LogP contribution is 2.32. The molecule has 0 saturated carbocycles. The number of anilines is 1. The van der Waals surface area contributed by atoms with E-state index in [4.69, 9.17) is 14.2 Å². The van der Waals surface area contributed by atoms with Crippen LogP contribution < -0.4 is 14.8 Å². The predicted molar refractivity (Wildman–Crippen MR) is 122 cm³/mol. The largest absolute Gasteiger partial charge is 0.491 e. The Morgan fingerprint density at radius 1 is 1.09 bits per heavy atom. The average molecular weight is 430 g/mol. The maximum absolute atomic E-state index is 11.5. The van der Waals surface area contributed by atoms with Crippen molar-refractivity contribution < 1.29 is 19.0 Å². The highest BCUT2D eigenvalue weighted by Gasteiger charge is 2.12. The smallest absolute Gasteiger partial charge is 0.247 e. The van der Waals surface area contributed by atoms with Crippen LogP contribution in [0.4, 0.5) is 5.69 Å². The molecule has 0 radical (unpaired) electrons. The molecule has 1 amide bonds. The number of hydrogen-bond acceptors (Lipinski definition) is 6. The van der Waals surface area contributed by atoms with Crippen LogP contribution in [0.5, 0.6) is 17.4 Å². The molecule has 162 valence electrons. The fraction of sp³-hybridized carbons (Fsp3) is 0.125. The lowest BCUT2D eigenvalue weighted by Gasteiger charge is -2.07. The van der Waals surface area contributed by atoms with E-state index in [1.54, 1.807) is 31.4 Å². The first-order chi connectivity index (χ1) is 15.7. The van der Waals surface area contributed by atoms with Crippen LogP contribution in [0.15, 0.2) is 73.6 Å². The average Bonchev–Trinajstić information content (AvgIpc) is 3.25. The Kier molecular flexibility index (Phi) is 6.43. The Morgan fingerprint density at radius 2 is 1.94 bits per heavy atom. The quantitative estimate of drug-likeness (QED) is 0.298. The van der Waals surface area contributed by atoms with Gasteiger partial charge < -0.3 is 24.5 Å². The zero-order valence-corrected chi connectivity index (χ0v) is 17.5. The molecule has 8 heteroatoms. The van der Waals surface area contributed by atoms with E-state index < -0.39 is 0 Å². The molecule has 2 aromatic heterocycles. The molecule has 0 spiro atoms. The van der Waals surface area contributed by atoms with Crippen LogP contribution >= 0.6 is 0 Å². The summed E-state index contributed by atoms with van der Waals surface area (Å²) in [7, 11) is 1.64. The normalized spacial score (nSPS) is 10.7. The summed E-state index contributed by atoms with van der Waals surface area (Å²) in [5.41, 5.74) is 3.10. The third kappa shape index (κ3) is 4.93. The summed E-state index contributed by atoms with van der Waals surface area (Å²) in [5.74, 6) is 1.42. The molecule has 0 fully saturated rings. The van der Waals surface area contributed by atoms with E-state index in [0.717, 1.165) is 22.4 Å². The van der Waals surface area contributed by atoms with Gasteiger partial charge in [0, 0.05) is 24.6 Å². The van der Waals surface area contributed by atoms with Crippen LogP contribution in [-0.2, 0) is 9.53 Å². The van der Waals surface area contributed by atoms with Gasteiger partial charge in [-0.1, -0.05) is 12.6 Å². The number of aromatic amines is 1. The third-order valence-corrected chi connectivity index (χ3v) is 4.61. The van der Waals surface area contributed by atoms with Crippen molar-refractivity contribution in [3.63, 3.8) is 0 Å². The number of carbonyl (C=O) groups is 1. The molecule has 0 saturated heterocycles. The first-order valence-corrected chi connectivity index (χ1v) is 9.93. The standard InChI is InChI=1S/C24H22N4O4/c1-3-22(29)27-17-5-4-6-19(13-17)32-24-20-14-21(28-23(20)25-15-26-24)16-7-9-18(10-8-16)31-12-11-30-2/h3-10,13-15H,1,11-12H2,2H3,(H,27,29)(H,25,26,28). The summed E-state index contributed by atoms with van der Waals surface area (Å²) in [6.45, 7) is 4.49. The minimum absolute atomic E-state index is 0.294. The van der Waals surface area contributed by atoms with Gasteiger partial charge in [0.1, 0.15) is 30.1 Å². The van der Waals surface area contributed by atoms with Crippen LogP contribution in [0.1, 0.15) is 0 Å². The lowest BCUT2D eigenvalue weighted by Crippen LogP contribution is -2.07. The predicted octanol–water partition coefficient (Wildman–Crippen LogP) is 4.57. The Hall–Kier alpha value is -4.17. The number of nitrogens with zero attached hydrogens (tertiary/aromatic N) is 2. The third-order valence-electron chi connectivity index (χ3n) is 4.61. The summed E-state index contributed by atoms with van der Waals surface area (Å²) in [5, 5.41) is 3.45. The van der Waals surface area contributed by atoms with Gasteiger partial charge in [-0.25, -0.2) is 9.97 Å². The molecule has 4 rings (SSSR count). The van der Waals surface area contributed by atoms with Crippen molar-refractivity contribution in [2.75, 3.05) is 25.6 Å². The second-order valence-corrected chi connectivity index (χ2v) is 6.81. The first-order valence-electron chi connectivity index (χ1n) is 9.93. The monoisotopic (exact) mass is 430 g/mol. The zero-order valence-electron chi connectivity index (χ0n) is 17.5. The fourth-order valence-corrected chi connectivity index (χ4v) is 3.07. The van der Waals surface area contributed by atoms with Crippen molar-refractivity contribution in [2.24, 2.45) is 0 Å². The number of H-pyrrole nitrogens is 1. The summed E-state index contributed by atoms with van der Waals surface area (Å²) in [4.78, 5) is 23.4. The summed E-state index contributed by atoms with van der Waals surface area (Å²) >= 11 is 0. The van der Waals surface area contributed by atoms with Crippen molar-refractivity contribution in [2.45, 2.75) is 0 Å². The topological polar surface area (TPSA) is 98.4 Å². The van der Waals surface area contributed by atoms with Crippen molar-refractivity contribution in [1.82, 2.24) is 15.0 Å². The summed E-state index contributed by atoms with van der Waals surface area (Å²) in [6, 6.07) is 16.7.